The SMILES string of the molecule is C[C@H](Oc1ccccc1Br)C(=O)N/N=C\c1ccc2ccccc2c1. The van der Waals surface area contributed by atoms with Crippen LogP contribution >= 0.6 is 15.9 Å². The lowest BCUT2D eigenvalue weighted by atomic mass is 10.1. The van der Waals surface area contributed by atoms with E-state index in [1.54, 1.807) is 19.2 Å². The maximum Gasteiger partial charge on any atom is 0.280 e. The van der Waals surface area contributed by atoms with Gasteiger partial charge in [0.25, 0.3) is 5.91 Å². The molecular formula is C20H17BrN2O2. The lowest BCUT2D eigenvalue weighted by molar-refractivity contribution is -0.127. The topological polar surface area (TPSA) is 50.7 Å². The minimum absolute atomic E-state index is 0.312. The van der Waals surface area contributed by atoms with Gasteiger partial charge in [0, 0.05) is 0 Å². The molecule has 0 aliphatic rings. The number of carbonyl (C=O) groups is 1. The van der Waals surface area contributed by atoms with Gasteiger partial charge in [-0.3, -0.25) is 4.79 Å². The van der Waals surface area contributed by atoms with Gasteiger partial charge in [-0.05, 0) is 57.4 Å². The average Bonchev–Trinajstić information content (AvgIpc) is 2.63. The van der Waals surface area contributed by atoms with E-state index in [1.807, 2.05) is 54.6 Å². The first kappa shape index (κ1) is 17.2. The number of hydrogen-bond acceptors (Lipinski definition) is 3. The molecule has 0 spiro atoms. The monoisotopic (exact) mass is 396 g/mol. The maximum absolute atomic E-state index is 12.1. The molecule has 3 aromatic carbocycles. The fourth-order valence-corrected chi connectivity index (χ4v) is 2.71. The van der Waals surface area contributed by atoms with Crippen LogP contribution in [0.4, 0.5) is 0 Å². The van der Waals surface area contributed by atoms with Gasteiger partial charge in [0.2, 0.25) is 0 Å². The smallest absolute Gasteiger partial charge is 0.280 e. The van der Waals surface area contributed by atoms with E-state index in [9.17, 15) is 4.79 Å². The second kappa shape index (κ2) is 7.94. The Morgan fingerprint density at radius 1 is 1.08 bits per heavy atom. The van der Waals surface area contributed by atoms with Crippen molar-refractivity contribution >= 4 is 38.8 Å². The van der Waals surface area contributed by atoms with E-state index in [1.165, 1.54) is 5.39 Å². The zero-order chi connectivity index (χ0) is 17.6. The summed E-state index contributed by atoms with van der Waals surface area (Å²) in [6, 6.07) is 21.5. The standard InChI is InChI=1S/C20H17BrN2O2/c1-14(25-19-9-5-4-8-18(19)21)20(24)23-22-13-15-10-11-16-6-2-3-7-17(16)12-15/h2-14H,1H3,(H,23,24)/b22-13-/t14-/m0/s1. The molecular weight excluding hydrogens is 380 g/mol. The minimum Gasteiger partial charge on any atom is -0.480 e. The quantitative estimate of drug-likeness (QED) is 0.509. The number of amides is 1. The molecule has 0 radical (unpaired) electrons. The molecule has 0 heterocycles. The van der Waals surface area contributed by atoms with Crippen molar-refractivity contribution in [3.05, 3.63) is 76.8 Å². The zero-order valence-electron chi connectivity index (χ0n) is 13.6. The number of fused-ring (bicyclic) bond motifs is 1. The molecule has 0 aliphatic carbocycles. The highest BCUT2D eigenvalue weighted by Gasteiger charge is 2.15. The number of benzene rings is 3. The highest BCUT2D eigenvalue weighted by Crippen LogP contribution is 2.24. The van der Waals surface area contributed by atoms with E-state index in [0.717, 1.165) is 15.4 Å². The third-order valence-electron chi connectivity index (χ3n) is 3.67. The molecule has 1 atom stereocenters. The Morgan fingerprint density at radius 2 is 1.80 bits per heavy atom. The molecule has 1 N–H and O–H groups in total. The fourth-order valence-electron chi connectivity index (χ4n) is 2.33. The Morgan fingerprint density at radius 3 is 2.60 bits per heavy atom. The molecule has 4 nitrogen and oxygen atoms in total. The van der Waals surface area contributed by atoms with E-state index < -0.39 is 6.10 Å². The summed E-state index contributed by atoms with van der Waals surface area (Å²) in [5, 5.41) is 6.31. The number of carbonyl (C=O) groups excluding carboxylic acids is 1. The van der Waals surface area contributed by atoms with E-state index in [4.69, 9.17) is 4.74 Å². The second-order valence-electron chi connectivity index (χ2n) is 5.53. The van der Waals surface area contributed by atoms with Crippen molar-refractivity contribution in [3.63, 3.8) is 0 Å². The van der Waals surface area contributed by atoms with Crippen LogP contribution in [0.15, 0.2) is 76.3 Å². The van der Waals surface area contributed by atoms with E-state index in [0.29, 0.717) is 5.75 Å². The summed E-state index contributed by atoms with van der Waals surface area (Å²) in [5.74, 6) is 0.302. The highest BCUT2D eigenvalue weighted by molar-refractivity contribution is 9.10. The molecule has 5 heteroatoms. The summed E-state index contributed by atoms with van der Waals surface area (Å²) in [7, 11) is 0. The first-order valence-corrected chi connectivity index (χ1v) is 8.66. The average molecular weight is 397 g/mol. The van der Waals surface area contributed by atoms with Gasteiger partial charge in [0.1, 0.15) is 5.75 Å². The molecule has 0 aliphatic heterocycles. The van der Waals surface area contributed by atoms with Gasteiger partial charge in [-0.15, -0.1) is 0 Å². The molecule has 0 fully saturated rings. The minimum atomic E-state index is -0.660. The van der Waals surface area contributed by atoms with Gasteiger partial charge in [-0.1, -0.05) is 48.5 Å². The zero-order valence-corrected chi connectivity index (χ0v) is 15.2. The van der Waals surface area contributed by atoms with Crippen molar-refractivity contribution in [1.82, 2.24) is 5.43 Å². The van der Waals surface area contributed by atoms with Crippen molar-refractivity contribution in [2.24, 2.45) is 5.10 Å². The normalized spacial score (nSPS) is 12.2. The summed E-state index contributed by atoms with van der Waals surface area (Å²) < 4.78 is 6.43. The lowest BCUT2D eigenvalue weighted by Crippen LogP contribution is -2.33. The third-order valence-corrected chi connectivity index (χ3v) is 4.33. The van der Waals surface area contributed by atoms with Crippen molar-refractivity contribution in [3.8, 4) is 5.75 Å². The summed E-state index contributed by atoms with van der Waals surface area (Å²) in [4.78, 5) is 12.1. The van der Waals surface area contributed by atoms with Crippen LogP contribution in [0.1, 0.15) is 12.5 Å². The van der Waals surface area contributed by atoms with Gasteiger partial charge >= 0.3 is 0 Å². The van der Waals surface area contributed by atoms with E-state index >= 15 is 0 Å². The number of para-hydroxylation sites is 1. The Bertz CT molecular complexity index is 924. The largest absolute Gasteiger partial charge is 0.480 e. The van der Waals surface area contributed by atoms with Crippen molar-refractivity contribution < 1.29 is 9.53 Å². The van der Waals surface area contributed by atoms with Crippen LogP contribution in [0.2, 0.25) is 0 Å². The molecule has 0 aromatic heterocycles. The van der Waals surface area contributed by atoms with Crippen LogP contribution < -0.4 is 10.2 Å². The maximum atomic E-state index is 12.1. The molecule has 126 valence electrons. The van der Waals surface area contributed by atoms with Crippen molar-refractivity contribution in [1.29, 1.82) is 0 Å². The van der Waals surface area contributed by atoms with E-state index in [-0.39, 0.29) is 5.91 Å². The first-order chi connectivity index (χ1) is 12.1. The predicted molar refractivity (Wildman–Crippen MR) is 104 cm³/mol. The Hall–Kier alpha value is -2.66. The van der Waals surface area contributed by atoms with Crippen LogP contribution in [-0.4, -0.2) is 18.2 Å². The number of halogens is 1. The number of hydrogen-bond donors (Lipinski definition) is 1. The van der Waals surface area contributed by atoms with Crippen molar-refractivity contribution in [2.45, 2.75) is 13.0 Å². The molecule has 0 saturated heterocycles. The van der Waals surface area contributed by atoms with Gasteiger partial charge < -0.3 is 4.74 Å². The number of hydrazone groups is 1. The third kappa shape index (κ3) is 4.45. The van der Waals surface area contributed by atoms with Crippen molar-refractivity contribution in [2.75, 3.05) is 0 Å². The molecule has 25 heavy (non-hydrogen) atoms. The molecule has 3 rings (SSSR count). The highest BCUT2D eigenvalue weighted by atomic mass is 79.9. The summed E-state index contributed by atoms with van der Waals surface area (Å²) >= 11 is 3.39. The fraction of sp³-hybridized carbons (Fsp3) is 0.100. The van der Waals surface area contributed by atoms with E-state index in [2.05, 4.69) is 32.5 Å². The summed E-state index contributed by atoms with van der Waals surface area (Å²) in [6.45, 7) is 1.68. The Balaban J connectivity index is 1.60. The summed E-state index contributed by atoms with van der Waals surface area (Å²) in [6.07, 6.45) is 0.961. The number of rotatable bonds is 5. The molecule has 0 saturated carbocycles. The number of nitrogens with one attached hydrogen (secondary N) is 1. The Labute approximate surface area is 154 Å². The van der Waals surface area contributed by atoms with Crippen LogP contribution in [0, 0.1) is 0 Å². The lowest BCUT2D eigenvalue weighted by Gasteiger charge is -2.13. The molecule has 0 unspecified atom stereocenters. The molecule has 0 bridgehead atoms. The van der Waals surface area contributed by atoms with Crippen LogP contribution in [0.25, 0.3) is 10.8 Å². The first-order valence-electron chi connectivity index (χ1n) is 7.86. The van der Waals surface area contributed by atoms with Gasteiger partial charge in [-0.25, -0.2) is 5.43 Å². The predicted octanol–water partition coefficient (Wildman–Crippen LogP) is 4.52. The van der Waals surface area contributed by atoms with Gasteiger partial charge in [-0.2, -0.15) is 5.10 Å². The van der Waals surface area contributed by atoms with Crippen LogP contribution in [-0.2, 0) is 4.79 Å². The number of nitrogens with zero attached hydrogens (tertiary/aromatic N) is 1. The van der Waals surface area contributed by atoms with Crippen LogP contribution in [0.5, 0.6) is 5.75 Å². The van der Waals surface area contributed by atoms with Gasteiger partial charge in [0.15, 0.2) is 6.10 Å². The molecule has 3 aromatic rings. The summed E-state index contributed by atoms with van der Waals surface area (Å²) in [5.41, 5.74) is 3.42. The van der Waals surface area contributed by atoms with Gasteiger partial charge in [0.05, 0.1) is 10.7 Å². The second-order valence-corrected chi connectivity index (χ2v) is 6.39. The Kier molecular flexibility index (Phi) is 5.46. The number of ether oxygens (including phenoxy) is 1. The van der Waals surface area contributed by atoms with Crippen LogP contribution in [0.3, 0.4) is 0 Å². The molecule has 1 amide bonds.